The van der Waals surface area contributed by atoms with Gasteiger partial charge >= 0.3 is 6.03 Å². The van der Waals surface area contributed by atoms with Crippen molar-refractivity contribution in [3.63, 3.8) is 0 Å². The highest BCUT2D eigenvalue weighted by molar-refractivity contribution is 7.09. The SMILES string of the molecule is CC(C)c1nc(CN(C)C(=O)NC(CCN2CCOCC2)C(=O)N[C@H](CC[C@@H](N)Cc2ccccc2)Cc2ccccc2)cs1.Cl. The smallest absolute Gasteiger partial charge is 0.318 e. The Hall–Kier alpha value is -3.02. The molecule has 2 aromatic carbocycles. The summed E-state index contributed by atoms with van der Waals surface area (Å²) in [4.78, 5) is 35.8. The van der Waals surface area contributed by atoms with Gasteiger partial charge in [0.15, 0.2) is 0 Å². The molecule has 1 aliphatic rings. The standard InChI is InChI=1S/C35H50N6O3S.ClH/c1-26(2)34-38-31(25-45-34)24-40(3)35(43)39-32(16-17-41-18-20-44-21-19-41)33(42)37-30(23-28-12-8-5-9-13-28)15-14-29(36)22-27-10-6-4-7-11-27;/h4-13,25-26,29-30,32H,14-24,36H2,1-3H3,(H,37,42)(H,39,43);1H/t29-,30-,32?;/m1./s1. The zero-order chi connectivity index (χ0) is 32.0. The van der Waals surface area contributed by atoms with E-state index in [9.17, 15) is 9.59 Å². The predicted octanol–water partition coefficient (Wildman–Crippen LogP) is 5.00. The predicted molar refractivity (Wildman–Crippen MR) is 189 cm³/mol. The first kappa shape index (κ1) is 37.4. The number of rotatable bonds is 16. The van der Waals surface area contributed by atoms with Gasteiger partial charge in [0, 0.05) is 50.1 Å². The van der Waals surface area contributed by atoms with Crippen molar-refractivity contribution in [3.8, 4) is 0 Å². The monoisotopic (exact) mass is 670 g/mol. The van der Waals surface area contributed by atoms with Gasteiger partial charge in [0.05, 0.1) is 30.5 Å². The summed E-state index contributed by atoms with van der Waals surface area (Å²) in [6.45, 7) is 8.29. The number of benzene rings is 2. The fourth-order valence-electron chi connectivity index (χ4n) is 5.50. The van der Waals surface area contributed by atoms with Crippen molar-refractivity contribution >= 4 is 35.7 Å². The Morgan fingerprint density at radius 1 is 0.957 bits per heavy atom. The summed E-state index contributed by atoms with van der Waals surface area (Å²) < 4.78 is 5.50. The number of carbonyl (C=O) groups excluding carboxylic acids is 2. The molecule has 46 heavy (non-hydrogen) atoms. The molecule has 4 N–H and O–H groups in total. The second-order valence-corrected chi connectivity index (χ2v) is 13.2. The van der Waals surface area contributed by atoms with Gasteiger partial charge in [0.2, 0.25) is 5.91 Å². The fourth-order valence-corrected chi connectivity index (χ4v) is 6.33. The maximum absolute atomic E-state index is 13.9. The molecule has 0 radical (unpaired) electrons. The summed E-state index contributed by atoms with van der Waals surface area (Å²) in [5.74, 6) is 0.172. The molecule has 0 aliphatic carbocycles. The van der Waals surface area contributed by atoms with Crippen LogP contribution in [-0.4, -0.2) is 84.7 Å². The molecular weight excluding hydrogens is 620 g/mol. The highest BCUT2D eigenvalue weighted by atomic mass is 35.5. The number of aromatic nitrogens is 1. The summed E-state index contributed by atoms with van der Waals surface area (Å²) >= 11 is 1.61. The molecular formula is C35H51ClN6O3S. The van der Waals surface area contributed by atoms with Gasteiger partial charge in [-0.2, -0.15) is 0 Å². The second-order valence-electron chi connectivity index (χ2n) is 12.4. The third-order valence-corrected chi connectivity index (χ3v) is 9.35. The number of halogens is 1. The maximum atomic E-state index is 13.9. The number of morpholine rings is 1. The Morgan fingerprint density at radius 3 is 2.20 bits per heavy atom. The van der Waals surface area contributed by atoms with Gasteiger partial charge in [0.1, 0.15) is 6.04 Å². The third-order valence-electron chi connectivity index (χ3n) is 8.16. The highest BCUT2D eigenvalue weighted by Gasteiger charge is 2.26. The Labute approximate surface area is 284 Å². The van der Waals surface area contributed by atoms with Crippen LogP contribution in [0.25, 0.3) is 0 Å². The lowest BCUT2D eigenvalue weighted by molar-refractivity contribution is -0.124. The maximum Gasteiger partial charge on any atom is 0.318 e. The van der Waals surface area contributed by atoms with Crippen LogP contribution in [0.2, 0.25) is 0 Å². The molecule has 252 valence electrons. The van der Waals surface area contributed by atoms with Crippen molar-refractivity contribution < 1.29 is 14.3 Å². The third kappa shape index (κ3) is 12.6. The summed E-state index contributed by atoms with van der Waals surface area (Å²) in [5.41, 5.74) is 9.77. The van der Waals surface area contributed by atoms with Gasteiger partial charge in [0.25, 0.3) is 0 Å². The zero-order valence-electron chi connectivity index (χ0n) is 27.4. The van der Waals surface area contributed by atoms with Crippen molar-refractivity contribution in [2.75, 3.05) is 39.9 Å². The van der Waals surface area contributed by atoms with Gasteiger partial charge < -0.3 is 26.0 Å². The molecule has 1 aliphatic heterocycles. The van der Waals surface area contributed by atoms with E-state index in [1.165, 1.54) is 5.56 Å². The van der Waals surface area contributed by atoms with E-state index in [-0.39, 0.29) is 36.4 Å². The Kier molecular flexibility index (Phi) is 15.9. The van der Waals surface area contributed by atoms with Gasteiger partial charge in [-0.3, -0.25) is 9.69 Å². The number of nitrogens with two attached hydrogens (primary N) is 1. The number of carbonyl (C=O) groups is 2. The van der Waals surface area contributed by atoms with Crippen molar-refractivity contribution in [1.82, 2.24) is 25.4 Å². The Balaban J connectivity index is 0.00000576. The van der Waals surface area contributed by atoms with E-state index in [1.54, 1.807) is 23.3 Å². The Morgan fingerprint density at radius 2 is 1.59 bits per heavy atom. The van der Waals surface area contributed by atoms with Crippen LogP contribution in [0, 0.1) is 0 Å². The Bertz CT molecular complexity index is 1310. The van der Waals surface area contributed by atoms with Crippen LogP contribution in [0.15, 0.2) is 66.0 Å². The molecule has 11 heteroatoms. The van der Waals surface area contributed by atoms with Crippen LogP contribution < -0.4 is 16.4 Å². The minimum Gasteiger partial charge on any atom is -0.379 e. The molecule has 1 fully saturated rings. The summed E-state index contributed by atoms with van der Waals surface area (Å²) in [6.07, 6.45) is 3.49. The van der Waals surface area contributed by atoms with Crippen molar-refractivity contribution in [3.05, 3.63) is 87.9 Å². The van der Waals surface area contributed by atoms with Gasteiger partial charge in [-0.25, -0.2) is 9.78 Å². The number of nitrogens with one attached hydrogen (secondary N) is 2. The lowest BCUT2D eigenvalue weighted by Crippen LogP contribution is -2.54. The van der Waals surface area contributed by atoms with Gasteiger partial charge in [-0.1, -0.05) is 74.5 Å². The van der Waals surface area contributed by atoms with E-state index in [1.807, 2.05) is 41.8 Å². The summed E-state index contributed by atoms with van der Waals surface area (Å²) in [6, 6.07) is 19.3. The molecule has 0 bridgehead atoms. The fraction of sp³-hybridized carbons (Fsp3) is 0.514. The van der Waals surface area contributed by atoms with E-state index in [2.05, 4.69) is 58.6 Å². The summed E-state index contributed by atoms with van der Waals surface area (Å²) in [7, 11) is 1.74. The van der Waals surface area contributed by atoms with Crippen LogP contribution >= 0.6 is 23.7 Å². The minimum absolute atomic E-state index is 0. The molecule has 0 spiro atoms. The van der Waals surface area contributed by atoms with E-state index < -0.39 is 6.04 Å². The zero-order valence-corrected chi connectivity index (χ0v) is 29.0. The lowest BCUT2D eigenvalue weighted by atomic mass is 9.96. The first-order valence-corrected chi connectivity index (χ1v) is 17.0. The highest BCUT2D eigenvalue weighted by Crippen LogP contribution is 2.20. The van der Waals surface area contributed by atoms with Gasteiger partial charge in [-0.05, 0) is 43.2 Å². The first-order chi connectivity index (χ1) is 21.8. The molecule has 1 unspecified atom stereocenters. The number of hydrogen-bond acceptors (Lipinski definition) is 7. The van der Waals surface area contributed by atoms with Crippen LogP contribution in [0.3, 0.4) is 0 Å². The number of hydrogen-bond donors (Lipinski definition) is 3. The summed E-state index contributed by atoms with van der Waals surface area (Å²) in [5, 5.41) is 9.39. The molecule has 0 saturated carbocycles. The van der Waals surface area contributed by atoms with Crippen LogP contribution in [0.4, 0.5) is 4.79 Å². The largest absolute Gasteiger partial charge is 0.379 e. The molecule has 3 amide bonds. The van der Waals surface area contributed by atoms with Gasteiger partial charge in [-0.15, -0.1) is 23.7 Å². The average molecular weight is 671 g/mol. The van der Waals surface area contributed by atoms with Crippen LogP contribution in [0.5, 0.6) is 0 Å². The number of nitrogens with zero attached hydrogens (tertiary/aromatic N) is 3. The molecule has 1 saturated heterocycles. The van der Waals surface area contributed by atoms with Crippen molar-refractivity contribution in [2.45, 2.75) is 76.5 Å². The first-order valence-electron chi connectivity index (χ1n) is 16.2. The number of thiazole rings is 1. The van der Waals surface area contributed by atoms with Crippen LogP contribution in [0.1, 0.15) is 60.9 Å². The van der Waals surface area contributed by atoms with E-state index in [4.69, 9.17) is 10.5 Å². The molecule has 4 rings (SSSR count). The minimum atomic E-state index is -0.680. The topological polar surface area (TPSA) is 113 Å². The van der Waals surface area contributed by atoms with Crippen LogP contribution in [-0.2, 0) is 28.9 Å². The number of ether oxygens (including phenoxy) is 1. The second kappa shape index (κ2) is 19.6. The van der Waals surface area contributed by atoms with Crippen molar-refractivity contribution in [2.24, 2.45) is 5.73 Å². The molecule has 1 aromatic heterocycles. The van der Waals surface area contributed by atoms with E-state index in [0.29, 0.717) is 45.1 Å². The number of urea groups is 1. The molecule has 3 atom stereocenters. The van der Waals surface area contributed by atoms with E-state index in [0.717, 1.165) is 48.6 Å². The average Bonchev–Trinajstić information content (AvgIpc) is 3.52. The molecule has 2 heterocycles. The van der Waals surface area contributed by atoms with Crippen molar-refractivity contribution in [1.29, 1.82) is 0 Å². The number of amides is 3. The quantitative estimate of drug-likeness (QED) is 0.198. The van der Waals surface area contributed by atoms with E-state index >= 15 is 0 Å². The lowest BCUT2D eigenvalue weighted by Gasteiger charge is -2.30. The molecule has 3 aromatic rings. The molecule has 9 nitrogen and oxygen atoms in total. The normalized spacial score (nSPS) is 15.4.